The van der Waals surface area contributed by atoms with Gasteiger partial charge in [0.25, 0.3) is 0 Å². The average Bonchev–Trinajstić information content (AvgIpc) is 3.11. The quantitative estimate of drug-likeness (QED) is 0.321. The van der Waals surface area contributed by atoms with Crippen molar-refractivity contribution in [2.75, 3.05) is 6.26 Å². The van der Waals surface area contributed by atoms with Gasteiger partial charge in [0, 0.05) is 17.5 Å². The molecule has 0 radical (unpaired) electrons. The molecule has 4 aromatic rings. The van der Waals surface area contributed by atoms with E-state index in [-0.39, 0.29) is 15.8 Å². The number of hydrogen-bond donors (Lipinski definition) is 1. The molecule has 0 amide bonds. The summed E-state index contributed by atoms with van der Waals surface area (Å²) in [6.45, 7) is -2.98. The van der Waals surface area contributed by atoms with E-state index in [9.17, 15) is 13.3 Å². The number of halogens is 4. The van der Waals surface area contributed by atoms with Gasteiger partial charge in [0.15, 0.2) is 4.90 Å². The second-order valence-corrected chi connectivity index (χ2v) is 8.94. The maximum absolute atomic E-state index is 12.8. The van der Waals surface area contributed by atoms with Gasteiger partial charge >= 0.3 is 6.61 Å². The topological polar surface area (TPSA) is 61.0 Å². The predicted molar refractivity (Wildman–Crippen MR) is 120 cm³/mol. The van der Waals surface area contributed by atoms with Crippen LogP contribution in [0, 0.1) is 0 Å². The van der Waals surface area contributed by atoms with E-state index in [0.29, 0.717) is 34.4 Å². The second-order valence-electron chi connectivity index (χ2n) is 6.78. The van der Waals surface area contributed by atoms with Crippen molar-refractivity contribution in [3.05, 3.63) is 76.0 Å². The van der Waals surface area contributed by atoms with Crippen molar-refractivity contribution in [2.24, 2.45) is 0 Å². The zero-order valence-electron chi connectivity index (χ0n) is 16.2. The summed E-state index contributed by atoms with van der Waals surface area (Å²) in [7, 11) is 0. The van der Waals surface area contributed by atoms with Crippen molar-refractivity contribution in [1.29, 1.82) is 0 Å². The van der Waals surface area contributed by atoms with Gasteiger partial charge < -0.3 is 14.3 Å². The van der Waals surface area contributed by atoms with E-state index in [0.717, 1.165) is 10.5 Å². The normalized spacial score (nSPS) is 12.5. The molecule has 4 rings (SSSR count). The smallest absolute Gasteiger partial charge is 0.387 e. The third-order valence-corrected chi connectivity index (χ3v) is 6.32. The van der Waals surface area contributed by atoms with Crippen LogP contribution in [0.25, 0.3) is 22.2 Å². The first kappa shape index (κ1) is 21.9. The molecule has 0 saturated heterocycles. The largest absolute Gasteiger partial charge is 0.612 e. The fraction of sp³-hybridized carbons (Fsp3) is 0.136. The van der Waals surface area contributed by atoms with E-state index < -0.39 is 17.8 Å². The lowest BCUT2D eigenvalue weighted by Gasteiger charge is -2.13. The molecule has 4 nitrogen and oxygen atoms in total. The Balaban J connectivity index is 1.73. The molecule has 0 aliphatic heterocycles. The first-order valence-corrected chi connectivity index (χ1v) is 11.5. The molecular weight excluding hydrogens is 465 g/mol. The highest BCUT2D eigenvalue weighted by molar-refractivity contribution is 7.90. The number of aromatic nitrogens is 2. The summed E-state index contributed by atoms with van der Waals surface area (Å²) in [5.74, 6) is 0.636. The third kappa shape index (κ3) is 4.65. The van der Waals surface area contributed by atoms with Gasteiger partial charge in [-0.3, -0.25) is 0 Å². The lowest BCUT2D eigenvalue weighted by atomic mass is 10.0. The fourth-order valence-electron chi connectivity index (χ4n) is 3.33. The van der Waals surface area contributed by atoms with Crippen molar-refractivity contribution in [2.45, 2.75) is 17.9 Å². The molecular formula is C22H16Cl2F2N2O2S. The summed E-state index contributed by atoms with van der Waals surface area (Å²) in [5, 5.41) is 0.528. The van der Waals surface area contributed by atoms with Crippen LogP contribution in [0.4, 0.5) is 8.78 Å². The minimum atomic E-state index is -2.98. The van der Waals surface area contributed by atoms with Crippen LogP contribution in [-0.2, 0) is 17.6 Å². The number of H-pyrrole nitrogens is 1. The van der Waals surface area contributed by atoms with Gasteiger partial charge in [-0.2, -0.15) is 8.78 Å². The van der Waals surface area contributed by atoms with E-state index in [4.69, 9.17) is 23.2 Å². The van der Waals surface area contributed by atoms with Crippen LogP contribution >= 0.6 is 23.2 Å². The summed E-state index contributed by atoms with van der Waals surface area (Å²) in [4.78, 5) is 8.53. The average molecular weight is 481 g/mol. The Hall–Kier alpha value is -2.32. The predicted octanol–water partition coefficient (Wildman–Crippen LogP) is 6.47. The SMILES string of the molecule is C[S+]([O-])c1ccc(Cc2nc3c(Cl)c(-c4ccccc4OC(F)F)c(Cl)cc3[nH]2)cc1. The monoisotopic (exact) mass is 480 g/mol. The van der Waals surface area contributed by atoms with Crippen LogP contribution in [0.1, 0.15) is 11.4 Å². The molecule has 1 aromatic heterocycles. The number of nitrogens with one attached hydrogen (secondary N) is 1. The van der Waals surface area contributed by atoms with Crippen molar-refractivity contribution in [3.63, 3.8) is 0 Å². The van der Waals surface area contributed by atoms with E-state index in [1.165, 1.54) is 6.07 Å². The molecule has 31 heavy (non-hydrogen) atoms. The number of fused-ring (bicyclic) bond motifs is 1. The zero-order valence-corrected chi connectivity index (χ0v) is 18.5. The lowest BCUT2D eigenvalue weighted by Crippen LogP contribution is -2.03. The zero-order chi connectivity index (χ0) is 22.1. The summed E-state index contributed by atoms with van der Waals surface area (Å²) in [5.41, 5.74) is 2.82. The van der Waals surface area contributed by atoms with Crippen molar-refractivity contribution in [1.82, 2.24) is 9.97 Å². The molecule has 160 valence electrons. The van der Waals surface area contributed by atoms with Crippen molar-refractivity contribution < 1.29 is 18.1 Å². The van der Waals surface area contributed by atoms with Gasteiger partial charge in [0.2, 0.25) is 0 Å². The highest BCUT2D eigenvalue weighted by Gasteiger charge is 2.20. The van der Waals surface area contributed by atoms with E-state index >= 15 is 0 Å². The molecule has 1 unspecified atom stereocenters. The standard InChI is InChI=1S/C22H16Cl2F2N2O2S/c1-31(29)13-8-6-12(7-9-13)10-18-27-16-11-15(23)19(20(24)21(16)28-18)14-4-2-3-5-17(14)30-22(25)26/h2-9,11,22H,10H2,1H3,(H,27,28). The number of alkyl halides is 2. The molecule has 0 aliphatic rings. The first-order chi connectivity index (χ1) is 14.8. The number of aromatic amines is 1. The Morgan fingerprint density at radius 2 is 1.84 bits per heavy atom. The number of ether oxygens (including phenoxy) is 1. The third-order valence-electron chi connectivity index (χ3n) is 4.72. The lowest BCUT2D eigenvalue weighted by molar-refractivity contribution is -0.0494. The summed E-state index contributed by atoms with van der Waals surface area (Å²) >= 11 is 12.0. The van der Waals surface area contributed by atoms with Crippen LogP contribution in [-0.4, -0.2) is 27.4 Å². The number of hydrogen-bond acceptors (Lipinski definition) is 3. The number of para-hydroxylation sites is 1. The molecule has 0 fully saturated rings. The molecule has 0 bridgehead atoms. The Morgan fingerprint density at radius 1 is 1.13 bits per heavy atom. The van der Waals surface area contributed by atoms with Gasteiger partial charge in [-0.05, 0) is 41.0 Å². The Kier molecular flexibility index (Phi) is 6.39. The van der Waals surface area contributed by atoms with E-state index in [2.05, 4.69) is 14.7 Å². The van der Waals surface area contributed by atoms with Crippen LogP contribution < -0.4 is 4.74 Å². The summed E-state index contributed by atoms with van der Waals surface area (Å²) in [6, 6.07) is 15.4. The van der Waals surface area contributed by atoms with Crippen molar-refractivity contribution in [3.8, 4) is 16.9 Å². The molecule has 0 spiro atoms. The fourth-order valence-corrected chi connectivity index (χ4v) is 4.55. The van der Waals surface area contributed by atoms with Gasteiger partial charge in [-0.15, -0.1) is 0 Å². The van der Waals surface area contributed by atoms with Gasteiger partial charge in [0.05, 0.1) is 15.6 Å². The number of benzene rings is 3. The number of imidazole rings is 1. The first-order valence-electron chi connectivity index (χ1n) is 9.16. The number of nitrogens with zero attached hydrogens (tertiary/aromatic N) is 1. The highest BCUT2D eigenvalue weighted by atomic mass is 35.5. The van der Waals surface area contributed by atoms with Crippen LogP contribution in [0.15, 0.2) is 59.5 Å². The minimum Gasteiger partial charge on any atom is -0.612 e. The van der Waals surface area contributed by atoms with Crippen LogP contribution in [0.5, 0.6) is 5.75 Å². The van der Waals surface area contributed by atoms with Gasteiger partial charge in [-0.25, -0.2) is 4.98 Å². The molecule has 0 saturated carbocycles. The molecule has 1 atom stereocenters. The maximum Gasteiger partial charge on any atom is 0.387 e. The molecule has 1 heterocycles. The van der Waals surface area contributed by atoms with Crippen LogP contribution in [0.3, 0.4) is 0 Å². The summed E-state index contributed by atoms with van der Waals surface area (Å²) in [6.07, 6.45) is 2.13. The van der Waals surface area contributed by atoms with Crippen LogP contribution in [0.2, 0.25) is 10.0 Å². The van der Waals surface area contributed by atoms with Crippen molar-refractivity contribution >= 4 is 45.4 Å². The summed E-state index contributed by atoms with van der Waals surface area (Å²) < 4.78 is 41.8. The molecule has 9 heteroatoms. The molecule has 1 N–H and O–H groups in total. The Labute approximate surface area is 190 Å². The van der Waals surface area contributed by atoms with E-state index in [1.54, 1.807) is 30.5 Å². The molecule has 3 aromatic carbocycles. The Morgan fingerprint density at radius 3 is 2.52 bits per heavy atom. The van der Waals surface area contributed by atoms with Gasteiger partial charge in [-0.1, -0.05) is 53.5 Å². The minimum absolute atomic E-state index is 0.0233. The van der Waals surface area contributed by atoms with Gasteiger partial charge in [0.1, 0.15) is 23.3 Å². The number of rotatable bonds is 6. The maximum atomic E-state index is 12.8. The Bertz CT molecular complexity index is 1230. The van der Waals surface area contributed by atoms with E-state index in [1.807, 2.05) is 24.3 Å². The molecule has 0 aliphatic carbocycles. The second kappa shape index (κ2) is 9.04. The highest BCUT2D eigenvalue weighted by Crippen LogP contribution is 2.43.